The van der Waals surface area contributed by atoms with E-state index in [2.05, 4.69) is 22.3 Å². The van der Waals surface area contributed by atoms with Crippen LogP contribution in [0.25, 0.3) is 0 Å². The zero-order valence-electron chi connectivity index (χ0n) is 25.7. The van der Waals surface area contributed by atoms with Crippen molar-refractivity contribution < 1.29 is 32.3 Å². The highest BCUT2D eigenvalue weighted by Gasteiger charge is 2.63. The number of rotatable bonds is 5. The lowest BCUT2D eigenvalue weighted by Crippen LogP contribution is -2.59. The number of nitrogens with one attached hydrogen (secondary N) is 3. The Kier molecular flexibility index (Phi) is 9.08. The lowest BCUT2D eigenvalue weighted by molar-refractivity contribution is -0.142. The fourth-order valence-corrected chi connectivity index (χ4v) is 7.31. The predicted octanol–water partition coefficient (Wildman–Crippen LogP) is 2.96. The van der Waals surface area contributed by atoms with Crippen LogP contribution >= 0.6 is 0 Å². The van der Waals surface area contributed by atoms with E-state index in [9.17, 15) is 27.6 Å². The van der Waals surface area contributed by atoms with E-state index >= 15 is 0 Å². The van der Waals surface area contributed by atoms with Crippen LogP contribution in [0.4, 0.5) is 4.79 Å². The molecule has 1 radical (unpaired) electrons. The number of fused-ring (bicyclic) bond motifs is 2. The maximum Gasteiger partial charge on any atom is 0.408 e. The van der Waals surface area contributed by atoms with Gasteiger partial charge in [0.15, 0.2) is 0 Å². The molecule has 0 spiro atoms. The number of nitrogens with zero attached hydrogens (tertiary/aromatic N) is 1. The number of hydrogen-bond acceptors (Lipinski definition) is 7. The van der Waals surface area contributed by atoms with E-state index in [-0.39, 0.29) is 43.0 Å². The third kappa shape index (κ3) is 6.94. The van der Waals surface area contributed by atoms with Gasteiger partial charge in [-0.1, -0.05) is 32.4 Å². The zero-order chi connectivity index (χ0) is 31.1. The number of allylic oxidation sites excluding steroid dienone is 1. The van der Waals surface area contributed by atoms with Gasteiger partial charge >= 0.3 is 6.09 Å². The van der Waals surface area contributed by atoms with Crippen molar-refractivity contribution in [3.8, 4) is 0 Å². The first-order chi connectivity index (χ1) is 19.5. The molecular formula is C30H47N4O7S. The highest BCUT2D eigenvalue weighted by molar-refractivity contribution is 7.91. The van der Waals surface area contributed by atoms with Gasteiger partial charge in [-0.3, -0.25) is 19.1 Å². The van der Waals surface area contributed by atoms with Crippen LogP contribution in [0.1, 0.15) is 92.9 Å². The minimum Gasteiger partial charge on any atom is -0.444 e. The second kappa shape index (κ2) is 11.8. The largest absolute Gasteiger partial charge is 0.444 e. The van der Waals surface area contributed by atoms with Crippen LogP contribution in [0.5, 0.6) is 0 Å². The molecule has 6 atom stereocenters. The van der Waals surface area contributed by atoms with Gasteiger partial charge in [-0.25, -0.2) is 13.2 Å². The SMILES string of the molecule is CC[C@@H]1CC(C)CC/C=C\[C@@H]2C[C@@]2(C(=O)NS(=O)(=O)C2(C)CC2)NC(=O)[C@@H]2C[CH]CN2C(=O)[C@H]1NC(=O)OC(C)(C)C. The third-order valence-electron chi connectivity index (χ3n) is 9.11. The fourth-order valence-electron chi connectivity index (χ4n) is 5.99. The average Bonchev–Trinajstić information content (AvgIpc) is 3.74. The minimum absolute atomic E-state index is 0.182. The Hall–Kier alpha value is -2.63. The van der Waals surface area contributed by atoms with Crippen LogP contribution in [0.3, 0.4) is 0 Å². The molecule has 0 aromatic carbocycles. The predicted molar refractivity (Wildman–Crippen MR) is 157 cm³/mol. The van der Waals surface area contributed by atoms with Crippen LogP contribution < -0.4 is 15.4 Å². The van der Waals surface area contributed by atoms with Crippen molar-refractivity contribution in [2.45, 2.75) is 121 Å². The van der Waals surface area contributed by atoms with Crippen LogP contribution in [0.15, 0.2) is 12.2 Å². The molecule has 4 rings (SSSR count). The molecule has 0 bridgehead atoms. The molecule has 1 saturated heterocycles. The van der Waals surface area contributed by atoms with Gasteiger partial charge in [-0.05, 0) is 90.9 Å². The molecular weight excluding hydrogens is 560 g/mol. The molecule has 2 saturated carbocycles. The number of sulfonamides is 1. The van der Waals surface area contributed by atoms with Crippen LogP contribution in [-0.2, 0) is 29.1 Å². The van der Waals surface area contributed by atoms with E-state index in [0.717, 1.165) is 12.8 Å². The van der Waals surface area contributed by atoms with E-state index in [0.29, 0.717) is 25.7 Å². The van der Waals surface area contributed by atoms with Crippen LogP contribution in [-0.4, -0.2) is 71.6 Å². The Labute approximate surface area is 250 Å². The topological polar surface area (TPSA) is 151 Å². The normalized spacial score (nSPS) is 34.0. The van der Waals surface area contributed by atoms with Crippen molar-refractivity contribution in [1.82, 2.24) is 20.3 Å². The molecule has 4 aliphatic rings. The van der Waals surface area contributed by atoms with Gasteiger partial charge in [0.2, 0.25) is 21.8 Å². The van der Waals surface area contributed by atoms with Crippen molar-refractivity contribution in [1.29, 1.82) is 0 Å². The van der Waals surface area contributed by atoms with E-state index in [4.69, 9.17) is 4.74 Å². The molecule has 3 fully saturated rings. The smallest absolute Gasteiger partial charge is 0.408 e. The molecule has 0 aromatic heterocycles. The standard InChI is InChI=1S/C30H47N4O7S/c1-7-20-17-19(2)11-8-9-12-21-18-30(21,26(37)33-42(39,40)29(6)14-15-29)32-24(35)22-13-10-16-34(22)25(36)23(20)31-27(38)41-28(3,4)5/h9-10,12,19-23H,7-8,11,13-18H2,1-6H3,(H,31,38)(H,32,35)(H,33,37)/b12-9-/t19?,20-,21-,22+,23+,30-/m1/s1. The summed E-state index contributed by atoms with van der Waals surface area (Å²) in [6, 6.07) is -1.79. The molecule has 42 heavy (non-hydrogen) atoms. The molecule has 4 amide bonds. The van der Waals surface area contributed by atoms with Crippen LogP contribution in [0.2, 0.25) is 0 Å². The minimum atomic E-state index is -3.90. The lowest BCUT2D eigenvalue weighted by atomic mass is 9.85. The van der Waals surface area contributed by atoms with Gasteiger partial charge in [0.1, 0.15) is 23.2 Å². The van der Waals surface area contributed by atoms with Gasteiger partial charge in [0, 0.05) is 12.5 Å². The molecule has 2 aliphatic carbocycles. The highest BCUT2D eigenvalue weighted by atomic mass is 32.2. The Balaban J connectivity index is 1.62. The van der Waals surface area contributed by atoms with E-state index in [1.165, 1.54) is 4.90 Å². The van der Waals surface area contributed by atoms with Gasteiger partial charge in [-0.2, -0.15) is 0 Å². The number of amides is 4. The monoisotopic (exact) mass is 607 g/mol. The fraction of sp³-hybridized carbons (Fsp3) is 0.767. The zero-order valence-corrected chi connectivity index (χ0v) is 26.5. The van der Waals surface area contributed by atoms with E-state index < -0.39 is 55.9 Å². The Morgan fingerprint density at radius 1 is 1.21 bits per heavy atom. The Bertz CT molecular complexity index is 1220. The van der Waals surface area contributed by atoms with Crippen LogP contribution in [0, 0.1) is 24.2 Å². The van der Waals surface area contributed by atoms with Gasteiger partial charge in [0.05, 0.1) is 4.75 Å². The van der Waals surface area contributed by atoms with Crippen molar-refractivity contribution in [2.75, 3.05) is 6.54 Å². The summed E-state index contributed by atoms with van der Waals surface area (Å²) in [5, 5.41) is 5.66. The number of ether oxygens (including phenoxy) is 1. The summed E-state index contributed by atoms with van der Waals surface area (Å²) in [5.41, 5.74) is -2.16. The number of alkyl carbamates (subject to hydrolysis) is 1. The van der Waals surface area contributed by atoms with Crippen molar-refractivity contribution in [3.05, 3.63) is 18.6 Å². The maximum absolute atomic E-state index is 14.1. The molecule has 11 nitrogen and oxygen atoms in total. The van der Waals surface area contributed by atoms with E-state index in [1.54, 1.807) is 27.7 Å². The van der Waals surface area contributed by atoms with Crippen molar-refractivity contribution in [2.24, 2.45) is 17.8 Å². The number of carbonyl (C=O) groups excluding carboxylic acids is 4. The molecule has 2 heterocycles. The Morgan fingerprint density at radius 2 is 1.90 bits per heavy atom. The summed E-state index contributed by atoms with van der Waals surface area (Å²) in [4.78, 5) is 55.6. The number of hydrogen-bond donors (Lipinski definition) is 3. The van der Waals surface area contributed by atoms with Gasteiger partial charge in [-0.15, -0.1) is 0 Å². The third-order valence-corrected chi connectivity index (χ3v) is 11.3. The first-order valence-corrected chi connectivity index (χ1v) is 16.7. The molecule has 2 aliphatic heterocycles. The summed E-state index contributed by atoms with van der Waals surface area (Å²) in [6.45, 7) is 11.2. The summed E-state index contributed by atoms with van der Waals surface area (Å²) in [6.07, 6.45) is 9.38. The summed E-state index contributed by atoms with van der Waals surface area (Å²) in [5.74, 6) is -1.95. The second-order valence-electron chi connectivity index (χ2n) is 13.8. The van der Waals surface area contributed by atoms with Gasteiger partial charge in [0.25, 0.3) is 5.91 Å². The molecule has 1 unspecified atom stereocenters. The van der Waals surface area contributed by atoms with Crippen molar-refractivity contribution in [3.63, 3.8) is 0 Å². The average molecular weight is 608 g/mol. The molecule has 3 N–H and O–H groups in total. The summed E-state index contributed by atoms with van der Waals surface area (Å²) in [7, 11) is -3.90. The quantitative estimate of drug-likeness (QED) is 0.407. The first-order valence-electron chi connectivity index (χ1n) is 15.2. The second-order valence-corrected chi connectivity index (χ2v) is 16.0. The molecule has 235 valence electrons. The van der Waals surface area contributed by atoms with Gasteiger partial charge < -0.3 is 20.3 Å². The molecule has 0 aromatic rings. The summed E-state index contributed by atoms with van der Waals surface area (Å²) >= 11 is 0. The Morgan fingerprint density at radius 3 is 2.52 bits per heavy atom. The molecule has 12 heteroatoms. The van der Waals surface area contributed by atoms with E-state index in [1.807, 2.05) is 25.5 Å². The first kappa shape index (κ1) is 32.3. The highest BCUT2D eigenvalue weighted by Crippen LogP contribution is 2.47. The number of carbonyl (C=O) groups is 4. The lowest BCUT2D eigenvalue weighted by Gasteiger charge is -2.34. The maximum atomic E-state index is 14.1. The van der Waals surface area contributed by atoms with Crippen molar-refractivity contribution >= 4 is 33.8 Å². The summed E-state index contributed by atoms with van der Waals surface area (Å²) < 4.78 is 32.5.